The lowest BCUT2D eigenvalue weighted by Gasteiger charge is -2.05. The average molecular weight is 299 g/mol. The molecule has 0 amide bonds. The molecule has 0 radical (unpaired) electrons. The number of nitrogens with one attached hydrogen (secondary N) is 1. The zero-order chi connectivity index (χ0) is 14.7. The molecule has 0 aliphatic carbocycles. The Morgan fingerprint density at radius 2 is 2.10 bits per heavy atom. The molecule has 3 rings (SSSR count). The number of hydrogen-bond acceptors (Lipinski definition) is 3. The van der Waals surface area contributed by atoms with Crippen molar-refractivity contribution in [1.29, 1.82) is 0 Å². The number of fused-ring (bicyclic) bond motifs is 1. The molecule has 0 saturated heterocycles. The summed E-state index contributed by atoms with van der Waals surface area (Å²) in [6, 6.07) is 10.7. The van der Waals surface area contributed by atoms with Crippen molar-refractivity contribution in [1.82, 2.24) is 15.1 Å². The first-order chi connectivity index (χ1) is 10.2. The summed E-state index contributed by atoms with van der Waals surface area (Å²) in [6.07, 6.45) is 2.07. The molecule has 0 atom stereocenters. The molecule has 1 aromatic carbocycles. The third kappa shape index (κ3) is 3.52. The van der Waals surface area contributed by atoms with Crippen molar-refractivity contribution >= 4 is 21.4 Å². The Morgan fingerprint density at radius 3 is 2.95 bits per heavy atom. The van der Waals surface area contributed by atoms with E-state index in [1.54, 1.807) is 11.3 Å². The van der Waals surface area contributed by atoms with Crippen molar-refractivity contribution < 1.29 is 0 Å². The summed E-state index contributed by atoms with van der Waals surface area (Å²) in [5.41, 5.74) is 2.45. The Balaban J connectivity index is 1.67. The second-order valence-corrected chi connectivity index (χ2v) is 6.70. The smallest absolute Gasteiger partial charge is 0.0762 e. The van der Waals surface area contributed by atoms with Gasteiger partial charge in [0, 0.05) is 17.4 Å². The normalized spacial score (nSPS) is 11.6. The van der Waals surface area contributed by atoms with Gasteiger partial charge < -0.3 is 5.32 Å². The molecule has 3 nitrogen and oxygen atoms in total. The molecule has 2 aromatic heterocycles. The minimum atomic E-state index is 0.671. The van der Waals surface area contributed by atoms with E-state index in [1.165, 1.54) is 15.6 Å². The van der Waals surface area contributed by atoms with Crippen molar-refractivity contribution in [2.45, 2.75) is 26.9 Å². The molecule has 0 unspecified atom stereocenters. The van der Waals surface area contributed by atoms with E-state index in [9.17, 15) is 0 Å². The van der Waals surface area contributed by atoms with Crippen LogP contribution in [0.15, 0.2) is 41.9 Å². The molecule has 0 aliphatic rings. The van der Waals surface area contributed by atoms with Crippen molar-refractivity contribution in [2.75, 3.05) is 6.54 Å². The minimum Gasteiger partial charge on any atom is -0.311 e. The predicted molar refractivity (Wildman–Crippen MR) is 89.7 cm³/mol. The summed E-state index contributed by atoms with van der Waals surface area (Å²) in [4.78, 5) is 0. The fourth-order valence-electron chi connectivity index (χ4n) is 2.40. The van der Waals surface area contributed by atoms with Crippen molar-refractivity contribution in [3.63, 3.8) is 0 Å². The predicted octanol–water partition coefficient (Wildman–Crippen LogP) is 3.89. The Hall–Kier alpha value is -1.65. The molecule has 4 heteroatoms. The summed E-state index contributed by atoms with van der Waals surface area (Å²) in [5.74, 6) is 0.671. The first-order valence-corrected chi connectivity index (χ1v) is 8.28. The second kappa shape index (κ2) is 6.41. The summed E-state index contributed by atoms with van der Waals surface area (Å²) >= 11 is 1.80. The molecule has 0 fully saturated rings. The van der Waals surface area contributed by atoms with E-state index >= 15 is 0 Å². The monoisotopic (exact) mass is 299 g/mol. The van der Waals surface area contributed by atoms with Gasteiger partial charge in [-0.15, -0.1) is 11.3 Å². The molecule has 3 aromatic rings. The Labute approximate surface area is 129 Å². The largest absolute Gasteiger partial charge is 0.311 e. The molecule has 0 spiro atoms. The van der Waals surface area contributed by atoms with Gasteiger partial charge in [-0.05, 0) is 40.9 Å². The van der Waals surface area contributed by atoms with E-state index in [2.05, 4.69) is 66.2 Å². The lowest BCUT2D eigenvalue weighted by atomic mass is 10.2. The SMILES string of the molecule is CC(C)CNCc1ccn(Cc2csc3ccccc23)n1. The first kappa shape index (κ1) is 14.3. The van der Waals surface area contributed by atoms with Crippen molar-refractivity contribution in [2.24, 2.45) is 5.92 Å². The maximum Gasteiger partial charge on any atom is 0.0762 e. The fraction of sp³-hybridized carbons (Fsp3) is 0.353. The fourth-order valence-corrected chi connectivity index (χ4v) is 3.36. The van der Waals surface area contributed by atoms with Crippen LogP contribution in [-0.2, 0) is 13.1 Å². The van der Waals surface area contributed by atoms with E-state index in [4.69, 9.17) is 0 Å². The van der Waals surface area contributed by atoms with Gasteiger partial charge in [0.25, 0.3) is 0 Å². The zero-order valence-electron chi connectivity index (χ0n) is 12.5. The van der Waals surface area contributed by atoms with Gasteiger partial charge in [0.15, 0.2) is 0 Å². The molecule has 2 heterocycles. The molecule has 0 saturated carbocycles. The summed E-state index contributed by atoms with van der Waals surface area (Å²) < 4.78 is 3.37. The van der Waals surface area contributed by atoms with Crippen LogP contribution in [0.5, 0.6) is 0 Å². The highest BCUT2D eigenvalue weighted by Gasteiger charge is 2.05. The molecule has 1 N–H and O–H groups in total. The quantitative estimate of drug-likeness (QED) is 0.748. The lowest BCUT2D eigenvalue weighted by molar-refractivity contribution is 0.543. The van der Waals surface area contributed by atoms with Crippen LogP contribution in [0.1, 0.15) is 25.1 Å². The standard InChI is InChI=1S/C17H21N3S/c1-13(2)9-18-10-15-7-8-20(19-15)11-14-12-21-17-6-4-3-5-16(14)17/h3-8,12-13,18H,9-11H2,1-2H3. The molecular weight excluding hydrogens is 278 g/mol. The van der Waals surface area contributed by atoms with Gasteiger partial charge in [0.05, 0.1) is 12.2 Å². The first-order valence-electron chi connectivity index (χ1n) is 7.40. The highest BCUT2D eigenvalue weighted by atomic mass is 32.1. The van der Waals surface area contributed by atoms with E-state index < -0.39 is 0 Å². The van der Waals surface area contributed by atoms with Crippen LogP contribution < -0.4 is 5.32 Å². The molecular formula is C17H21N3S. The van der Waals surface area contributed by atoms with Crippen LogP contribution >= 0.6 is 11.3 Å². The van der Waals surface area contributed by atoms with Crippen LogP contribution in [0.2, 0.25) is 0 Å². The zero-order valence-corrected chi connectivity index (χ0v) is 13.4. The second-order valence-electron chi connectivity index (χ2n) is 5.79. The molecule has 0 aliphatic heterocycles. The van der Waals surface area contributed by atoms with Crippen LogP contribution in [0.25, 0.3) is 10.1 Å². The maximum absolute atomic E-state index is 4.65. The van der Waals surface area contributed by atoms with Crippen molar-refractivity contribution in [3.8, 4) is 0 Å². The average Bonchev–Trinajstić information content (AvgIpc) is 3.07. The highest BCUT2D eigenvalue weighted by molar-refractivity contribution is 7.17. The number of thiophene rings is 1. The summed E-state index contributed by atoms with van der Waals surface area (Å²) in [6.45, 7) is 7.15. The highest BCUT2D eigenvalue weighted by Crippen LogP contribution is 2.26. The molecule has 0 bridgehead atoms. The third-order valence-electron chi connectivity index (χ3n) is 3.45. The lowest BCUT2D eigenvalue weighted by Crippen LogP contribution is -2.19. The van der Waals surface area contributed by atoms with Crippen molar-refractivity contribution in [3.05, 3.63) is 53.2 Å². The van der Waals surface area contributed by atoms with Gasteiger partial charge in [-0.3, -0.25) is 4.68 Å². The maximum atomic E-state index is 4.65. The summed E-state index contributed by atoms with van der Waals surface area (Å²) in [7, 11) is 0. The van der Waals surface area contributed by atoms with Gasteiger partial charge >= 0.3 is 0 Å². The van der Waals surface area contributed by atoms with E-state index in [-0.39, 0.29) is 0 Å². The van der Waals surface area contributed by atoms with Gasteiger partial charge in [0.2, 0.25) is 0 Å². The summed E-state index contributed by atoms with van der Waals surface area (Å²) in [5, 5.41) is 11.7. The van der Waals surface area contributed by atoms with Crippen LogP contribution in [0.4, 0.5) is 0 Å². The van der Waals surface area contributed by atoms with E-state index in [1.807, 2.05) is 4.68 Å². The van der Waals surface area contributed by atoms with Gasteiger partial charge in [-0.25, -0.2) is 0 Å². The topological polar surface area (TPSA) is 29.9 Å². The van der Waals surface area contributed by atoms with E-state index in [0.29, 0.717) is 5.92 Å². The number of hydrogen-bond donors (Lipinski definition) is 1. The minimum absolute atomic E-state index is 0.671. The van der Waals surface area contributed by atoms with Gasteiger partial charge in [0.1, 0.15) is 0 Å². The van der Waals surface area contributed by atoms with Crippen LogP contribution in [0, 0.1) is 5.92 Å². The Kier molecular flexibility index (Phi) is 4.36. The van der Waals surface area contributed by atoms with Crippen LogP contribution in [0.3, 0.4) is 0 Å². The molecule has 110 valence electrons. The third-order valence-corrected chi connectivity index (χ3v) is 4.46. The van der Waals surface area contributed by atoms with E-state index in [0.717, 1.165) is 25.3 Å². The number of rotatable bonds is 6. The Morgan fingerprint density at radius 1 is 1.24 bits per heavy atom. The molecule has 21 heavy (non-hydrogen) atoms. The Bertz CT molecular complexity index is 711. The number of nitrogens with zero attached hydrogens (tertiary/aromatic N) is 2. The van der Waals surface area contributed by atoms with Gasteiger partial charge in [-0.1, -0.05) is 32.0 Å². The number of benzene rings is 1. The van der Waals surface area contributed by atoms with Gasteiger partial charge in [-0.2, -0.15) is 5.10 Å². The van der Waals surface area contributed by atoms with Crippen LogP contribution in [-0.4, -0.2) is 16.3 Å². The number of aromatic nitrogens is 2.